The molecule has 0 saturated carbocycles. The molecule has 7 heteroatoms. The van der Waals surface area contributed by atoms with Crippen molar-refractivity contribution in [3.63, 3.8) is 0 Å². The zero-order valence-corrected chi connectivity index (χ0v) is 20.1. The van der Waals surface area contributed by atoms with Gasteiger partial charge in [-0.05, 0) is 55.7 Å². The third-order valence-electron chi connectivity index (χ3n) is 6.10. The number of carbonyl (C=O) groups is 1. The number of H-pyrrole nitrogens is 1. The second kappa shape index (κ2) is 8.71. The molecule has 0 radical (unpaired) electrons. The van der Waals surface area contributed by atoms with E-state index in [4.69, 9.17) is 4.98 Å². The molecule has 1 amide bonds. The van der Waals surface area contributed by atoms with Crippen molar-refractivity contribution in [1.29, 1.82) is 0 Å². The molecule has 0 aliphatic carbocycles. The van der Waals surface area contributed by atoms with Crippen molar-refractivity contribution in [3.8, 4) is 10.4 Å². The first-order valence-electron chi connectivity index (χ1n) is 11.0. The molecule has 2 aromatic heterocycles. The number of nitrogens with one attached hydrogen (secondary N) is 1. The standard InChI is InChI=1S/C25H26N4OS2/c1-4-16-10-12-17(13-11-16)23-22(26-15(2)32-23)25(30)29-14-6-8-19(29)24-27-18-7-5-9-20(31-3)21(18)28-24/h5,7,9-13,19H,4,6,8,14H2,1-3H3,(H,27,28). The molecule has 2 aromatic carbocycles. The van der Waals surface area contributed by atoms with Crippen molar-refractivity contribution in [1.82, 2.24) is 19.9 Å². The maximum Gasteiger partial charge on any atom is 0.274 e. The number of aryl methyl sites for hydroxylation is 2. The number of benzene rings is 2. The highest BCUT2D eigenvalue weighted by Gasteiger charge is 2.35. The van der Waals surface area contributed by atoms with Crippen LogP contribution in [0.4, 0.5) is 0 Å². The summed E-state index contributed by atoms with van der Waals surface area (Å²) in [4.78, 5) is 30.8. The van der Waals surface area contributed by atoms with Crippen LogP contribution >= 0.6 is 23.1 Å². The van der Waals surface area contributed by atoms with Crippen LogP contribution < -0.4 is 0 Å². The Bertz CT molecular complexity index is 1280. The Hall–Kier alpha value is -2.64. The number of thioether (sulfide) groups is 1. The van der Waals surface area contributed by atoms with E-state index >= 15 is 0 Å². The van der Waals surface area contributed by atoms with E-state index in [9.17, 15) is 4.79 Å². The molecule has 1 N–H and O–H groups in total. The number of likely N-dealkylation sites (tertiary alicyclic amines) is 1. The average Bonchev–Trinajstić information content (AvgIpc) is 3.55. The van der Waals surface area contributed by atoms with Crippen LogP contribution in [-0.4, -0.2) is 38.6 Å². The van der Waals surface area contributed by atoms with Gasteiger partial charge in [-0.3, -0.25) is 4.79 Å². The van der Waals surface area contributed by atoms with E-state index in [1.807, 2.05) is 17.9 Å². The van der Waals surface area contributed by atoms with Crippen molar-refractivity contribution in [2.45, 2.75) is 44.0 Å². The van der Waals surface area contributed by atoms with Crippen LogP contribution in [0.25, 0.3) is 21.5 Å². The first-order chi connectivity index (χ1) is 15.6. The van der Waals surface area contributed by atoms with Gasteiger partial charge in [0.1, 0.15) is 17.0 Å². The van der Waals surface area contributed by atoms with Crippen LogP contribution in [0.1, 0.15) is 52.7 Å². The van der Waals surface area contributed by atoms with E-state index in [0.29, 0.717) is 5.69 Å². The van der Waals surface area contributed by atoms with Gasteiger partial charge < -0.3 is 9.88 Å². The van der Waals surface area contributed by atoms with Crippen LogP contribution in [-0.2, 0) is 6.42 Å². The monoisotopic (exact) mass is 462 g/mol. The Morgan fingerprint density at radius 1 is 1.22 bits per heavy atom. The topological polar surface area (TPSA) is 61.9 Å². The van der Waals surface area contributed by atoms with E-state index in [1.54, 1.807) is 23.1 Å². The van der Waals surface area contributed by atoms with Crippen LogP contribution in [0.3, 0.4) is 0 Å². The number of carbonyl (C=O) groups excluding carboxylic acids is 1. The predicted octanol–water partition coefficient (Wildman–Crippen LogP) is 6.26. The third-order valence-corrected chi connectivity index (χ3v) is 7.89. The van der Waals surface area contributed by atoms with E-state index < -0.39 is 0 Å². The van der Waals surface area contributed by atoms with Gasteiger partial charge >= 0.3 is 0 Å². The Kier molecular flexibility index (Phi) is 5.78. The highest BCUT2D eigenvalue weighted by molar-refractivity contribution is 7.98. The number of hydrogen-bond acceptors (Lipinski definition) is 5. The molecule has 1 aliphatic heterocycles. The second-order valence-electron chi connectivity index (χ2n) is 8.10. The normalized spacial score (nSPS) is 16.2. The molecule has 164 valence electrons. The lowest BCUT2D eigenvalue weighted by Crippen LogP contribution is -2.31. The summed E-state index contributed by atoms with van der Waals surface area (Å²) in [5, 5.41) is 0.909. The summed E-state index contributed by atoms with van der Waals surface area (Å²) < 4.78 is 0. The van der Waals surface area contributed by atoms with Crippen molar-refractivity contribution < 1.29 is 4.79 Å². The lowest BCUT2D eigenvalue weighted by molar-refractivity contribution is 0.0726. The van der Waals surface area contributed by atoms with Crippen molar-refractivity contribution in [2.75, 3.05) is 12.8 Å². The van der Waals surface area contributed by atoms with Crippen molar-refractivity contribution in [2.24, 2.45) is 0 Å². The molecule has 5 rings (SSSR count). The molecule has 1 saturated heterocycles. The number of imidazole rings is 1. The molecule has 32 heavy (non-hydrogen) atoms. The second-order valence-corrected chi connectivity index (χ2v) is 10.1. The van der Waals surface area contributed by atoms with Gasteiger partial charge in [-0.1, -0.05) is 37.3 Å². The van der Waals surface area contributed by atoms with Crippen molar-refractivity contribution >= 4 is 40.0 Å². The highest BCUT2D eigenvalue weighted by atomic mass is 32.2. The fourth-order valence-corrected chi connectivity index (χ4v) is 5.92. The van der Waals surface area contributed by atoms with E-state index in [-0.39, 0.29) is 11.9 Å². The summed E-state index contributed by atoms with van der Waals surface area (Å²) in [5.74, 6) is 0.866. The Labute approximate surface area is 196 Å². The van der Waals surface area contributed by atoms with Crippen LogP contribution in [0.5, 0.6) is 0 Å². The minimum absolute atomic E-state index is 0.00281. The Balaban J connectivity index is 1.49. The van der Waals surface area contributed by atoms with Gasteiger partial charge in [-0.25, -0.2) is 9.97 Å². The molecule has 1 atom stereocenters. The van der Waals surface area contributed by atoms with Gasteiger partial charge in [0.25, 0.3) is 5.91 Å². The first kappa shape index (κ1) is 21.2. The van der Waals surface area contributed by atoms with Crippen LogP contribution in [0.15, 0.2) is 47.4 Å². The minimum atomic E-state index is -0.0538. The SMILES string of the molecule is CCc1ccc(-c2sc(C)nc2C(=O)N2CCCC2c2nc3c(SC)cccc3[nH]2)cc1. The lowest BCUT2D eigenvalue weighted by atomic mass is 10.1. The molecule has 1 aliphatic rings. The quantitative estimate of drug-likeness (QED) is 0.356. The van der Waals surface area contributed by atoms with Gasteiger partial charge in [-0.2, -0.15) is 0 Å². The van der Waals surface area contributed by atoms with E-state index in [1.165, 1.54) is 5.56 Å². The average molecular weight is 463 g/mol. The van der Waals surface area contributed by atoms with E-state index in [2.05, 4.69) is 59.5 Å². The van der Waals surface area contributed by atoms with Crippen molar-refractivity contribution in [3.05, 3.63) is 64.6 Å². The largest absolute Gasteiger partial charge is 0.340 e. The lowest BCUT2D eigenvalue weighted by Gasteiger charge is -2.23. The molecule has 0 bridgehead atoms. The zero-order valence-electron chi connectivity index (χ0n) is 18.5. The maximum absolute atomic E-state index is 13.7. The molecule has 3 heterocycles. The number of thiazole rings is 1. The fraction of sp³-hybridized carbons (Fsp3) is 0.320. The molecule has 5 nitrogen and oxygen atoms in total. The number of aromatic amines is 1. The number of hydrogen-bond donors (Lipinski definition) is 1. The molecule has 1 unspecified atom stereocenters. The van der Waals surface area contributed by atoms with Crippen LogP contribution in [0.2, 0.25) is 0 Å². The smallest absolute Gasteiger partial charge is 0.274 e. The number of amides is 1. The molecular formula is C25H26N4OS2. The molecule has 0 spiro atoms. The summed E-state index contributed by atoms with van der Waals surface area (Å²) in [6.07, 6.45) is 4.93. The Morgan fingerprint density at radius 2 is 2.03 bits per heavy atom. The van der Waals surface area contributed by atoms with Gasteiger partial charge in [0, 0.05) is 11.4 Å². The molecule has 1 fully saturated rings. The highest BCUT2D eigenvalue weighted by Crippen LogP contribution is 2.37. The van der Waals surface area contributed by atoms with Crippen LogP contribution in [0, 0.1) is 6.92 Å². The molecule has 4 aromatic rings. The predicted molar refractivity (Wildman–Crippen MR) is 133 cm³/mol. The third kappa shape index (κ3) is 3.73. The number of para-hydroxylation sites is 1. The summed E-state index contributed by atoms with van der Waals surface area (Å²) >= 11 is 3.28. The fourth-order valence-electron chi connectivity index (χ4n) is 4.44. The zero-order chi connectivity index (χ0) is 22.2. The number of nitrogens with zero attached hydrogens (tertiary/aromatic N) is 3. The maximum atomic E-state index is 13.7. The van der Waals surface area contributed by atoms with Gasteiger partial charge in [0.05, 0.1) is 21.4 Å². The Morgan fingerprint density at radius 3 is 2.78 bits per heavy atom. The minimum Gasteiger partial charge on any atom is -0.340 e. The summed E-state index contributed by atoms with van der Waals surface area (Å²) in [7, 11) is 0. The van der Waals surface area contributed by atoms with Gasteiger partial charge in [-0.15, -0.1) is 23.1 Å². The first-order valence-corrected chi connectivity index (χ1v) is 13.0. The van der Waals surface area contributed by atoms with Gasteiger partial charge in [0.2, 0.25) is 0 Å². The number of fused-ring (bicyclic) bond motifs is 1. The molecular weight excluding hydrogens is 436 g/mol. The summed E-state index contributed by atoms with van der Waals surface area (Å²) in [6, 6.07) is 14.6. The summed E-state index contributed by atoms with van der Waals surface area (Å²) in [5.41, 5.74) is 4.91. The summed E-state index contributed by atoms with van der Waals surface area (Å²) in [6.45, 7) is 4.84. The number of rotatable bonds is 5. The number of aromatic nitrogens is 3. The van der Waals surface area contributed by atoms with E-state index in [0.717, 1.165) is 63.0 Å². The van der Waals surface area contributed by atoms with Gasteiger partial charge in [0.15, 0.2) is 0 Å².